The first-order valence-electron chi connectivity index (χ1n) is 7.43. The largest absolute Gasteiger partial charge is 0.274 e. The second-order valence-electron chi connectivity index (χ2n) is 5.39. The second-order valence-corrected chi connectivity index (χ2v) is 7.16. The Hall–Kier alpha value is -2.65. The molecule has 0 radical (unpaired) electrons. The SMILES string of the molecule is O=C1CCC(=O)N1c1ccc(S(=O)(=O)NCc2ccccc2F)cn1. The van der Waals surface area contributed by atoms with Gasteiger partial charge in [0.05, 0.1) is 0 Å². The predicted molar refractivity (Wildman–Crippen MR) is 86.4 cm³/mol. The number of sulfonamides is 1. The lowest BCUT2D eigenvalue weighted by atomic mass is 10.2. The minimum atomic E-state index is -3.91. The fourth-order valence-corrected chi connectivity index (χ4v) is 3.34. The van der Waals surface area contributed by atoms with Gasteiger partial charge in [-0.3, -0.25) is 9.59 Å². The topological polar surface area (TPSA) is 96.4 Å². The van der Waals surface area contributed by atoms with E-state index in [0.29, 0.717) is 0 Å². The summed E-state index contributed by atoms with van der Waals surface area (Å²) in [6.45, 7) is -0.208. The van der Waals surface area contributed by atoms with Gasteiger partial charge in [0.25, 0.3) is 0 Å². The van der Waals surface area contributed by atoms with Crippen LogP contribution in [0.1, 0.15) is 18.4 Å². The Labute approximate surface area is 143 Å². The van der Waals surface area contributed by atoms with Crippen molar-refractivity contribution in [2.75, 3.05) is 4.90 Å². The maximum atomic E-state index is 13.5. The van der Waals surface area contributed by atoms with Crippen molar-refractivity contribution >= 4 is 27.7 Å². The summed E-state index contributed by atoms with van der Waals surface area (Å²) in [4.78, 5) is 28.0. The van der Waals surface area contributed by atoms with Crippen molar-refractivity contribution in [1.29, 1.82) is 0 Å². The zero-order chi connectivity index (χ0) is 18.0. The van der Waals surface area contributed by atoms with Crippen LogP contribution in [0.25, 0.3) is 0 Å². The number of nitrogens with one attached hydrogen (secondary N) is 1. The number of anilines is 1. The number of rotatable bonds is 5. The number of imide groups is 1. The molecule has 1 aromatic heterocycles. The van der Waals surface area contributed by atoms with Crippen molar-refractivity contribution < 1.29 is 22.4 Å². The molecule has 9 heteroatoms. The van der Waals surface area contributed by atoms with Gasteiger partial charge in [0, 0.05) is 31.1 Å². The second kappa shape index (κ2) is 6.69. The van der Waals surface area contributed by atoms with Crippen LogP contribution in [-0.4, -0.2) is 25.2 Å². The van der Waals surface area contributed by atoms with Crippen LogP contribution in [0.3, 0.4) is 0 Å². The van der Waals surface area contributed by atoms with Crippen LogP contribution in [0.5, 0.6) is 0 Å². The van der Waals surface area contributed by atoms with E-state index in [0.717, 1.165) is 11.1 Å². The van der Waals surface area contributed by atoms with Gasteiger partial charge in [0.1, 0.15) is 16.5 Å². The first-order chi connectivity index (χ1) is 11.9. The maximum absolute atomic E-state index is 13.5. The third kappa shape index (κ3) is 3.57. The molecular weight excluding hydrogens is 349 g/mol. The smallest absolute Gasteiger partial charge is 0.242 e. The van der Waals surface area contributed by atoms with Crippen LogP contribution < -0.4 is 9.62 Å². The lowest BCUT2D eigenvalue weighted by molar-refractivity contribution is -0.121. The average molecular weight is 363 g/mol. The van der Waals surface area contributed by atoms with Crippen molar-refractivity contribution in [2.24, 2.45) is 0 Å². The maximum Gasteiger partial charge on any atom is 0.242 e. The van der Waals surface area contributed by atoms with Crippen LogP contribution in [-0.2, 0) is 26.2 Å². The number of nitrogens with zero attached hydrogens (tertiary/aromatic N) is 2. The van der Waals surface area contributed by atoms with E-state index in [1.807, 2.05) is 0 Å². The summed E-state index contributed by atoms with van der Waals surface area (Å²) in [6.07, 6.45) is 1.29. The van der Waals surface area contributed by atoms with Crippen molar-refractivity contribution in [3.8, 4) is 0 Å². The molecule has 0 bridgehead atoms. The van der Waals surface area contributed by atoms with Crippen molar-refractivity contribution in [1.82, 2.24) is 9.71 Å². The zero-order valence-electron chi connectivity index (χ0n) is 13.0. The molecule has 1 aliphatic heterocycles. The van der Waals surface area contributed by atoms with Gasteiger partial charge in [-0.15, -0.1) is 0 Å². The Kier molecular flexibility index (Phi) is 4.60. The highest BCUT2D eigenvalue weighted by molar-refractivity contribution is 7.89. The Morgan fingerprint density at radius 1 is 1.08 bits per heavy atom. The number of carbonyl (C=O) groups excluding carboxylic acids is 2. The lowest BCUT2D eigenvalue weighted by Crippen LogP contribution is -2.29. The molecule has 1 aromatic carbocycles. The summed E-state index contributed by atoms with van der Waals surface area (Å²) < 4.78 is 40.3. The Bertz CT molecular complexity index is 913. The van der Waals surface area contributed by atoms with Crippen molar-refractivity contribution in [3.05, 3.63) is 54.0 Å². The standard InChI is InChI=1S/C16H14FN3O4S/c17-13-4-2-1-3-11(13)9-19-25(23,24)12-5-6-14(18-10-12)20-15(21)7-8-16(20)22/h1-6,10,19H,7-9H2. The molecular formula is C16H14FN3O4S. The van der Waals surface area contributed by atoms with Gasteiger partial charge in [0.2, 0.25) is 21.8 Å². The highest BCUT2D eigenvalue weighted by Gasteiger charge is 2.31. The molecule has 1 fully saturated rings. The predicted octanol–water partition coefficient (Wildman–Crippen LogP) is 1.35. The number of hydrogen-bond donors (Lipinski definition) is 1. The highest BCUT2D eigenvalue weighted by atomic mass is 32.2. The Morgan fingerprint density at radius 2 is 1.76 bits per heavy atom. The number of halogens is 1. The monoisotopic (exact) mass is 363 g/mol. The minimum Gasteiger partial charge on any atom is -0.274 e. The fourth-order valence-electron chi connectivity index (χ4n) is 2.39. The van der Waals surface area contributed by atoms with E-state index in [9.17, 15) is 22.4 Å². The van der Waals surface area contributed by atoms with Crippen LogP contribution >= 0.6 is 0 Å². The van der Waals surface area contributed by atoms with Gasteiger partial charge in [-0.2, -0.15) is 0 Å². The third-order valence-corrected chi connectivity index (χ3v) is 5.11. The van der Waals surface area contributed by atoms with E-state index in [2.05, 4.69) is 9.71 Å². The number of aromatic nitrogens is 1. The molecule has 0 unspecified atom stereocenters. The quantitative estimate of drug-likeness (QED) is 0.809. The number of carbonyl (C=O) groups is 2. The molecule has 0 atom stereocenters. The highest BCUT2D eigenvalue weighted by Crippen LogP contribution is 2.21. The minimum absolute atomic E-state index is 0.0838. The van der Waals surface area contributed by atoms with E-state index in [4.69, 9.17) is 0 Å². The van der Waals surface area contributed by atoms with E-state index < -0.39 is 15.8 Å². The molecule has 130 valence electrons. The molecule has 7 nitrogen and oxygen atoms in total. The molecule has 3 rings (SSSR count). The average Bonchev–Trinajstić information content (AvgIpc) is 2.93. The van der Waals surface area contributed by atoms with Crippen molar-refractivity contribution in [2.45, 2.75) is 24.3 Å². The molecule has 1 aliphatic rings. The van der Waals surface area contributed by atoms with Gasteiger partial charge >= 0.3 is 0 Å². The van der Waals surface area contributed by atoms with Gasteiger partial charge in [-0.05, 0) is 18.2 Å². The zero-order valence-corrected chi connectivity index (χ0v) is 13.8. The molecule has 0 spiro atoms. The Balaban J connectivity index is 1.76. The van der Waals surface area contributed by atoms with E-state index in [1.165, 1.54) is 30.3 Å². The van der Waals surface area contributed by atoms with Crippen LogP contribution in [0.4, 0.5) is 10.2 Å². The molecule has 2 aromatic rings. The van der Waals surface area contributed by atoms with Gasteiger partial charge < -0.3 is 0 Å². The number of amides is 2. The van der Waals surface area contributed by atoms with Crippen molar-refractivity contribution in [3.63, 3.8) is 0 Å². The summed E-state index contributed by atoms with van der Waals surface area (Å²) in [5.74, 6) is -1.16. The number of pyridine rings is 1. The summed E-state index contributed by atoms with van der Waals surface area (Å²) in [7, 11) is -3.91. The van der Waals surface area contributed by atoms with Gasteiger partial charge in [-0.1, -0.05) is 18.2 Å². The third-order valence-electron chi connectivity index (χ3n) is 3.72. The normalized spacial score (nSPS) is 15.0. The summed E-state index contributed by atoms with van der Waals surface area (Å²) >= 11 is 0. The Morgan fingerprint density at radius 3 is 2.36 bits per heavy atom. The summed E-state index contributed by atoms with van der Waals surface area (Å²) in [6, 6.07) is 8.36. The van der Waals surface area contributed by atoms with Crippen LogP contribution in [0.2, 0.25) is 0 Å². The fraction of sp³-hybridized carbons (Fsp3) is 0.188. The molecule has 2 amide bonds. The van der Waals surface area contributed by atoms with E-state index >= 15 is 0 Å². The summed E-state index contributed by atoms with van der Waals surface area (Å²) in [5, 5.41) is 0. The molecule has 0 saturated carbocycles. The molecule has 1 saturated heterocycles. The molecule has 0 aliphatic carbocycles. The lowest BCUT2D eigenvalue weighted by Gasteiger charge is -2.13. The van der Waals surface area contributed by atoms with Gasteiger partial charge in [0.15, 0.2) is 0 Å². The van der Waals surface area contributed by atoms with E-state index in [-0.39, 0.29) is 47.5 Å². The molecule has 1 N–H and O–H groups in total. The molecule has 2 heterocycles. The molecule has 25 heavy (non-hydrogen) atoms. The van der Waals surface area contributed by atoms with E-state index in [1.54, 1.807) is 6.07 Å². The van der Waals surface area contributed by atoms with Crippen LogP contribution in [0, 0.1) is 5.82 Å². The first-order valence-corrected chi connectivity index (χ1v) is 8.92. The van der Waals surface area contributed by atoms with Crippen LogP contribution in [0.15, 0.2) is 47.5 Å². The number of hydrogen-bond acceptors (Lipinski definition) is 5. The first kappa shape index (κ1) is 17.2. The number of benzene rings is 1. The summed E-state index contributed by atoms with van der Waals surface area (Å²) in [5.41, 5.74) is 0.212. The van der Waals surface area contributed by atoms with Gasteiger partial charge in [-0.25, -0.2) is 27.4 Å².